The van der Waals surface area contributed by atoms with Gasteiger partial charge in [0, 0.05) is 42.3 Å². The molecule has 6 rings (SSSR count). The Bertz CT molecular complexity index is 1510. The first-order chi connectivity index (χ1) is 19.1. The summed E-state index contributed by atoms with van der Waals surface area (Å²) in [4.78, 5) is 18.6. The van der Waals surface area contributed by atoms with Crippen LogP contribution >= 0.6 is 0 Å². The molecular formula is C28H32N6O5. The number of tetrazole rings is 1. The van der Waals surface area contributed by atoms with Crippen LogP contribution in [0.4, 0.5) is 0 Å². The second-order valence-electron chi connectivity index (χ2n) is 9.91. The number of benzene rings is 2. The van der Waals surface area contributed by atoms with Crippen LogP contribution in [0.5, 0.6) is 17.2 Å². The Morgan fingerprint density at radius 2 is 1.97 bits per heavy atom. The molecule has 11 nitrogen and oxygen atoms in total. The molecule has 2 aliphatic rings. The highest BCUT2D eigenvalue weighted by Crippen LogP contribution is 2.36. The van der Waals surface area contributed by atoms with E-state index in [9.17, 15) is 4.79 Å². The van der Waals surface area contributed by atoms with E-state index in [0.717, 1.165) is 48.4 Å². The molecular weight excluding hydrogens is 500 g/mol. The zero-order valence-electron chi connectivity index (χ0n) is 22.1. The van der Waals surface area contributed by atoms with Gasteiger partial charge in [0.15, 0.2) is 17.3 Å². The van der Waals surface area contributed by atoms with Crippen molar-refractivity contribution in [3.63, 3.8) is 0 Å². The highest BCUT2D eigenvalue weighted by molar-refractivity contribution is 5.83. The van der Waals surface area contributed by atoms with Crippen molar-refractivity contribution in [1.82, 2.24) is 30.1 Å². The first-order valence-electron chi connectivity index (χ1n) is 13.3. The molecule has 0 aliphatic carbocycles. The van der Waals surface area contributed by atoms with Crippen LogP contribution in [0.15, 0.2) is 47.3 Å². The van der Waals surface area contributed by atoms with E-state index in [1.807, 2.05) is 47.1 Å². The van der Waals surface area contributed by atoms with Gasteiger partial charge in [0.05, 0.1) is 31.3 Å². The quantitative estimate of drug-likeness (QED) is 0.327. The average Bonchev–Trinajstić information content (AvgIpc) is 3.72. The molecule has 1 saturated heterocycles. The number of aromatic nitrogens is 5. The summed E-state index contributed by atoms with van der Waals surface area (Å²) in [7, 11) is 1.67. The summed E-state index contributed by atoms with van der Waals surface area (Å²) >= 11 is 0. The van der Waals surface area contributed by atoms with Gasteiger partial charge in [0.25, 0.3) is 5.56 Å². The van der Waals surface area contributed by atoms with Crippen LogP contribution < -0.4 is 19.8 Å². The van der Waals surface area contributed by atoms with E-state index in [-0.39, 0.29) is 24.5 Å². The van der Waals surface area contributed by atoms with Crippen LogP contribution in [0.25, 0.3) is 10.9 Å². The second-order valence-corrected chi connectivity index (χ2v) is 9.91. The maximum atomic E-state index is 13.3. The Labute approximate surface area is 225 Å². The number of nitrogens with one attached hydrogen (secondary N) is 1. The summed E-state index contributed by atoms with van der Waals surface area (Å²) in [6.45, 7) is 4.57. The van der Waals surface area contributed by atoms with E-state index in [1.54, 1.807) is 7.11 Å². The van der Waals surface area contributed by atoms with Crippen molar-refractivity contribution in [2.45, 2.75) is 58.0 Å². The maximum absolute atomic E-state index is 13.3. The molecule has 0 amide bonds. The van der Waals surface area contributed by atoms with Crippen LogP contribution in [0.2, 0.25) is 0 Å². The Balaban J connectivity index is 1.37. The number of hydrogen-bond donors (Lipinski definition) is 1. The summed E-state index contributed by atoms with van der Waals surface area (Å²) in [5.74, 6) is 2.85. The fourth-order valence-corrected chi connectivity index (χ4v) is 5.47. The van der Waals surface area contributed by atoms with Crippen LogP contribution in [0.1, 0.15) is 49.2 Å². The number of rotatable bonds is 10. The molecule has 4 heterocycles. The minimum atomic E-state index is -0.154. The molecule has 1 fully saturated rings. The molecule has 4 aromatic rings. The number of methoxy groups -OCH3 is 1. The molecule has 0 radical (unpaired) electrons. The van der Waals surface area contributed by atoms with Gasteiger partial charge in [0.1, 0.15) is 5.75 Å². The van der Waals surface area contributed by atoms with Crippen LogP contribution in [-0.2, 0) is 24.4 Å². The number of fused-ring (bicyclic) bond motifs is 2. The summed E-state index contributed by atoms with van der Waals surface area (Å²) in [5, 5.41) is 13.6. The van der Waals surface area contributed by atoms with E-state index in [0.29, 0.717) is 42.2 Å². The van der Waals surface area contributed by atoms with Gasteiger partial charge in [-0.3, -0.25) is 9.69 Å². The molecule has 0 bridgehead atoms. The lowest BCUT2D eigenvalue weighted by atomic mass is 10.1. The van der Waals surface area contributed by atoms with Gasteiger partial charge in [0.2, 0.25) is 6.79 Å². The fourth-order valence-electron chi connectivity index (χ4n) is 5.47. The van der Waals surface area contributed by atoms with E-state index < -0.39 is 0 Å². The molecule has 1 N–H and O–H groups in total. The Morgan fingerprint density at radius 1 is 1.15 bits per heavy atom. The Morgan fingerprint density at radius 3 is 2.77 bits per heavy atom. The van der Waals surface area contributed by atoms with E-state index in [1.165, 1.54) is 0 Å². The molecule has 0 spiro atoms. The van der Waals surface area contributed by atoms with Crippen LogP contribution in [0, 0.1) is 0 Å². The van der Waals surface area contributed by atoms with Gasteiger partial charge < -0.3 is 23.9 Å². The minimum absolute atomic E-state index is 0.101. The maximum Gasteiger partial charge on any atom is 0.252 e. The van der Waals surface area contributed by atoms with Gasteiger partial charge in [-0.05, 0) is 47.9 Å². The van der Waals surface area contributed by atoms with Gasteiger partial charge in [-0.1, -0.05) is 25.1 Å². The number of aromatic amines is 1. The monoisotopic (exact) mass is 532 g/mol. The summed E-state index contributed by atoms with van der Waals surface area (Å²) in [6, 6.07) is 13.4. The van der Waals surface area contributed by atoms with Crippen molar-refractivity contribution < 1.29 is 18.9 Å². The molecule has 204 valence electrons. The molecule has 0 saturated carbocycles. The Kier molecular flexibility index (Phi) is 7.16. The van der Waals surface area contributed by atoms with E-state index >= 15 is 0 Å². The number of ether oxygens (including phenoxy) is 4. The third-order valence-electron chi connectivity index (χ3n) is 7.44. The van der Waals surface area contributed by atoms with Crippen molar-refractivity contribution >= 4 is 10.9 Å². The van der Waals surface area contributed by atoms with Gasteiger partial charge in [-0.15, -0.1) is 5.10 Å². The lowest BCUT2D eigenvalue weighted by Crippen LogP contribution is -2.33. The predicted octanol–water partition coefficient (Wildman–Crippen LogP) is 3.58. The number of pyridine rings is 1. The molecule has 2 aliphatic heterocycles. The lowest BCUT2D eigenvalue weighted by molar-refractivity contribution is 0.0887. The number of H-pyrrole nitrogens is 1. The van der Waals surface area contributed by atoms with Crippen molar-refractivity contribution in [2.75, 3.05) is 20.5 Å². The largest absolute Gasteiger partial charge is 0.496 e. The third kappa shape index (κ3) is 5.19. The predicted molar refractivity (Wildman–Crippen MR) is 143 cm³/mol. The normalized spacial score (nSPS) is 17.3. The number of para-hydroxylation sites is 1. The highest BCUT2D eigenvalue weighted by Gasteiger charge is 2.28. The topological polar surface area (TPSA) is 117 Å². The van der Waals surface area contributed by atoms with Crippen molar-refractivity contribution in [3.8, 4) is 17.2 Å². The minimum Gasteiger partial charge on any atom is -0.496 e. The first-order valence-corrected chi connectivity index (χ1v) is 13.3. The van der Waals surface area contributed by atoms with Crippen molar-refractivity contribution in [2.24, 2.45) is 0 Å². The second kappa shape index (κ2) is 11.0. The van der Waals surface area contributed by atoms with Crippen LogP contribution in [0.3, 0.4) is 0 Å². The fraction of sp³-hybridized carbons (Fsp3) is 0.429. The molecule has 2 aromatic heterocycles. The number of nitrogens with zero attached hydrogens (tertiary/aromatic N) is 5. The molecule has 39 heavy (non-hydrogen) atoms. The first kappa shape index (κ1) is 25.3. The molecule has 0 unspecified atom stereocenters. The zero-order valence-corrected chi connectivity index (χ0v) is 22.1. The third-order valence-corrected chi connectivity index (χ3v) is 7.44. The molecule has 2 aromatic carbocycles. The van der Waals surface area contributed by atoms with Crippen molar-refractivity contribution in [1.29, 1.82) is 0 Å². The Hall–Kier alpha value is -3.96. The van der Waals surface area contributed by atoms with Crippen LogP contribution in [-0.4, -0.2) is 56.7 Å². The molecule has 11 heteroatoms. The number of hydrogen-bond acceptors (Lipinski definition) is 9. The summed E-state index contributed by atoms with van der Waals surface area (Å²) in [5.41, 5.74) is 2.20. The SMILES string of the molecule is CC[C@H](c1nnnn1C[C@@H]1CCCO1)N(Cc1ccccc1OC)Cc1cc2cc3c(cc2[nH]c1=O)OCO3. The smallest absolute Gasteiger partial charge is 0.252 e. The summed E-state index contributed by atoms with van der Waals surface area (Å²) < 4.78 is 24.4. The van der Waals surface area contributed by atoms with Gasteiger partial charge >= 0.3 is 0 Å². The molecule has 2 atom stereocenters. The van der Waals surface area contributed by atoms with E-state index in [2.05, 4.69) is 32.3 Å². The lowest BCUT2D eigenvalue weighted by Gasteiger charge is -2.31. The summed E-state index contributed by atoms with van der Waals surface area (Å²) in [6.07, 6.45) is 2.88. The van der Waals surface area contributed by atoms with E-state index in [4.69, 9.17) is 18.9 Å². The average molecular weight is 533 g/mol. The highest BCUT2D eigenvalue weighted by atomic mass is 16.7. The van der Waals surface area contributed by atoms with Gasteiger partial charge in [-0.25, -0.2) is 4.68 Å². The standard InChI is InChI=1S/C28H32N6O5/c1-3-23(27-30-31-32-34(27)16-21-8-6-10-37-21)33(14-18-7-4-5-9-24(18)36-2)15-20-11-19-12-25-26(39-17-38-25)13-22(19)29-28(20)35/h4-5,7,9,11-13,21,23H,3,6,8,10,14-17H2,1-2H3,(H,29,35)/t21-,23+/m0/s1. The zero-order chi connectivity index (χ0) is 26.8. The van der Waals surface area contributed by atoms with Crippen molar-refractivity contribution in [3.05, 3.63) is 69.8 Å². The van der Waals surface area contributed by atoms with Gasteiger partial charge in [-0.2, -0.15) is 0 Å².